The van der Waals surface area contributed by atoms with Gasteiger partial charge in [-0.25, -0.2) is 0 Å². The maximum absolute atomic E-state index is 9.54. The zero-order chi connectivity index (χ0) is 5.15. The number of hydrogen-bond donors (Lipinski definition) is 0. The van der Waals surface area contributed by atoms with Gasteiger partial charge in [0.1, 0.15) is 0 Å². The minimum absolute atomic E-state index is 0.0741. The second kappa shape index (κ2) is 2.00. The van der Waals surface area contributed by atoms with E-state index >= 15 is 0 Å². The Morgan fingerprint density at radius 2 is 2.17 bits per heavy atom. The number of allylic oxidation sites excluding steroid dienone is 1. The molecular formula is C3H4O2S. The third-order valence-electron chi connectivity index (χ3n) is 0.236. The van der Waals surface area contributed by atoms with Gasteiger partial charge in [0, 0.05) is 24.6 Å². The topological polar surface area (TPSA) is 40.1 Å². The summed E-state index contributed by atoms with van der Waals surface area (Å²) in [4.78, 5) is -0.0741. The molecule has 0 aliphatic rings. The highest BCUT2D eigenvalue weighted by Gasteiger charge is 1.84. The van der Waals surface area contributed by atoms with Crippen LogP contribution in [0.4, 0.5) is 0 Å². The second-order valence-corrected chi connectivity index (χ2v) is 1.82. The Morgan fingerprint density at radius 3 is 2.17 bits per heavy atom. The predicted molar refractivity (Wildman–Crippen MR) is 23.4 cm³/mol. The molecule has 3 heteroatoms. The van der Waals surface area contributed by atoms with Gasteiger partial charge in [-0.1, -0.05) is 0 Å². The van der Waals surface area contributed by atoms with Crippen LogP contribution in [-0.4, -0.2) is 8.76 Å². The fourth-order valence-corrected chi connectivity index (χ4v) is 0. The van der Waals surface area contributed by atoms with E-state index < -0.39 is 11.1 Å². The molecule has 6 heavy (non-hydrogen) atoms. The molecule has 2 nitrogen and oxygen atoms in total. The van der Waals surface area contributed by atoms with Crippen LogP contribution in [0.15, 0.2) is 11.5 Å². The van der Waals surface area contributed by atoms with Gasteiger partial charge in [0.15, 0.2) is 4.91 Å². The summed E-state index contributed by atoms with van der Waals surface area (Å²) in [5.41, 5.74) is 0. The Bertz CT molecular complexity index is 74.8. The van der Waals surface area contributed by atoms with Crippen molar-refractivity contribution in [3.63, 3.8) is 0 Å². The molecule has 0 saturated heterocycles. The summed E-state index contributed by atoms with van der Waals surface area (Å²) >= 11 is -2.17. The molecule has 0 amide bonds. The van der Waals surface area contributed by atoms with Crippen LogP contribution in [0, 0.1) is 6.92 Å². The van der Waals surface area contributed by atoms with Crippen LogP contribution in [0.1, 0.15) is 0 Å². The minimum atomic E-state index is -2.17. The molecule has 0 bridgehead atoms. The van der Waals surface area contributed by atoms with E-state index in [0.29, 0.717) is 0 Å². The van der Waals surface area contributed by atoms with Gasteiger partial charge in [0.05, 0.1) is 0 Å². The first-order valence-corrected chi connectivity index (χ1v) is 2.32. The Labute approximate surface area is 39.2 Å². The van der Waals surface area contributed by atoms with Gasteiger partial charge in [0.25, 0.3) is 0 Å². The van der Waals surface area contributed by atoms with Crippen molar-refractivity contribution in [2.24, 2.45) is 0 Å². The molecule has 0 aliphatic carbocycles. The summed E-state index contributed by atoms with van der Waals surface area (Å²) in [6.45, 7) is 6.06. The van der Waals surface area contributed by atoms with Crippen LogP contribution in [0.3, 0.4) is 0 Å². The van der Waals surface area contributed by atoms with E-state index in [1.165, 1.54) is 0 Å². The van der Waals surface area contributed by atoms with Crippen molar-refractivity contribution in [2.75, 3.05) is 0 Å². The van der Waals surface area contributed by atoms with Gasteiger partial charge >= 0.3 is 0 Å². The molecule has 0 aromatic rings. The SMILES string of the molecule is C=C([CH2+])S(=O)[O-]. The minimum Gasteiger partial charge on any atom is -0.766 e. The fraction of sp³-hybridized carbons (Fsp3) is 0. The lowest BCUT2D eigenvalue weighted by molar-refractivity contribution is 0.544. The van der Waals surface area contributed by atoms with Crippen LogP contribution in [0.2, 0.25) is 0 Å². The van der Waals surface area contributed by atoms with Crippen molar-refractivity contribution in [3.05, 3.63) is 18.4 Å². The lowest BCUT2D eigenvalue weighted by atomic mass is 10.8. The van der Waals surface area contributed by atoms with Gasteiger partial charge < -0.3 is 4.55 Å². The van der Waals surface area contributed by atoms with Crippen LogP contribution < -0.4 is 0 Å². The Morgan fingerprint density at radius 1 is 2.00 bits per heavy atom. The van der Waals surface area contributed by atoms with Gasteiger partial charge in [-0.15, -0.1) is 0 Å². The van der Waals surface area contributed by atoms with E-state index in [0.717, 1.165) is 0 Å². The molecule has 34 valence electrons. The maximum atomic E-state index is 9.54. The summed E-state index contributed by atoms with van der Waals surface area (Å²) < 4.78 is 19.1. The average molecular weight is 104 g/mol. The van der Waals surface area contributed by atoms with E-state index in [1.807, 2.05) is 0 Å². The van der Waals surface area contributed by atoms with Crippen molar-refractivity contribution < 1.29 is 8.76 Å². The average Bonchev–Trinajstić information content (AvgIpc) is 1.36. The standard InChI is InChI=1S/C3H4O2S/c1-3(2)6(4)5/h1-2H2. The first-order chi connectivity index (χ1) is 2.64. The molecule has 0 aromatic heterocycles. The van der Waals surface area contributed by atoms with Crippen molar-refractivity contribution in [3.8, 4) is 0 Å². The number of hydrogen-bond acceptors (Lipinski definition) is 2. The maximum Gasteiger partial charge on any atom is 0.169 e. The molecule has 0 rings (SSSR count). The summed E-state index contributed by atoms with van der Waals surface area (Å²) in [6.07, 6.45) is 0. The monoisotopic (exact) mass is 104 g/mol. The largest absolute Gasteiger partial charge is 0.766 e. The van der Waals surface area contributed by atoms with E-state index in [4.69, 9.17) is 0 Å². The highest BCUT2D eigenvalue weighted by molar-refractivity contribution is 7.83. The van der Waals surface area contributed by atoms with Crippen molar-refractivity contribution >= 4 is 11.1 Å². The van der Waals surface area contributed by atoms with Gasteiger partial charge in [-0.3, -0.25) is 4.21 Å². The first kappa shape index (κ1) is 5.72. The van der Waals surface area contributed by atoms with Crippen molar-refractivity contribution in [2.45, 2.75) is 0 Å². The highest BCUT2D eigenvalue weighted by Crippen LogP contribution is 1.86. The summed E-state index contributed by atoms with van der Waals surface area (Å²) in [7, 11) is 0. The molecule has 0 aliphatic heterocycles. The zero-order valence-electron chi connectivity index (χ0n) is 3.14. The fourth-order valence-electron chi connectivity index (χ4n) is 0. The molecule has 1 unspecified atom stereocenters. The highest BCUT2D eigenvalue weighted by atomic mass is 32.2. The van der Waals surface area contributed by atoms with Crippen molar-refractivity contribution in [1.82, 2.24) is 0 Å². The molecular weight excluding hydrogens is 100 g/mol. The van der Waals surface area contributed by atoms with E-state index in [9.17, 15) is 8.76 Å². The van der Waals surface area contributed by atoms with Gasteiger partial charge in [0.2, 0.25) is 0 Å². The molecule has 0 aromatic carbocycles. The molecule has 0 heterocycles. The van der Waals surface area contributed by atoms with Gasteiger partial charge in [-0.05, 0) is 0 Å². The Hall–Kier alpha value is -0.280. The number of rotatable bonds is 1. The Balaban J connectivity index is 3.57. The van der Waals surface area contributed by atoms with E-state index in [1.54, 1.807) is 0 Å². The molecule has 0 radical (unpaired) electrons. The third-order valence-corrected chi connectivity index (χ3v) is 0.707. The second-order valence-electron chi connectivity index (χ2n) is 0.773. The van der Waals surface area contributed by atoms with Crippen LogP contribution in [-0.2, 0) is 11.1 Å². The molecule has 0 spiro atoms. The molecule has 0 fully saturated rings. The normalized spacial score (nSPS) is 13.5. The van der Waals surface area contributed by atoms with Crippen LogP contribution in [0.25, 0.3) is 0 Å². The molecule has 1 atom stereocenters. The lowest BCUT2D eigenvalue weighted by Gasteiger charge is -1.91. The van der Waals surface area contributed by atoms with Crippen LogP contribution >= 0.6 is 0 Å². The van der Waals surface area contributed by atoms with E-state index in [2.05, 4.69) is 13.5 Å². The van der Waals surface area contributed by atoms with Gasteiger partial charge in [-0.2, -0.15) is 0 Å². The Kier molecular flexibility index (Phi) is 1.90. The molecule has 0 N–H and O–H groups in total. The summed E-state index contributed by atoms with van der Waals surface area (Å²) in [5, 5.41) is 0. The van der Waals surface area contributed by atoms with Crippen molar-refractivity contribution in [1.29, 1.82) is 0 Å². The summed E-state index contributed by atoms with van der Waals surface area (Å²) in [6, 6.07) is 0. The zero-order valence-corrected chi connectivity index (χ0v) is 3.96. The lowest BCUT2D eigenvalue weighted by Crippen LogP contribution is -1.83. The van der Waals surface area contributed by atoms with Crippen LogP contribution in [0.5, 0.6) is 0 Å². The quantitative estimate of drug-likeness (QED) is 0.352. The van der Waals surface area contributed by atoms with E-state index in [-0.39, 0.29) is 4.91 Å². The predicted octanol–water partition coefficient (Wildman–Crippen LogP) is 0.213. The molecule has 0 saturated carbocycles. The summed E-state index contributed by atoms with van der Waals surface area (Å²) in [5.74, 6) is 0. The third kappa shape index (κ3) is 1.99. The smallest absolute Gasteiger partial charge is 0.169 e. The first-order valence-electron chi connectivity index (χ1n) is 1.24.